The van der Waals surface area contributed by atoms with Crippen molar-refractivity contribution >= 4 is 30.0 Å². The summed E-state index contributed by atoms with van der Waals surface area (Å²) in [6.45, 7) is 8.08. The van der Waals surface area contributed by atoms with Gasteiger partial charge in [-0.15, -0.1) is 0 Å². The van der Waals surface area contributed by atoms with Gasteiger partial charge in [0.15, 0.2) is 5.78 Å². The molecule has 0 radical (unpaired) electrons. The van der Waals surface area contributed by atoms with Crippen molar-refractivity contribution < 1.29 is 14.1 Å². The lowest BCUT2D eigenvalue weighted by atomic mass is 9.78. The Morgan fingerprint density at radius 1 is 0.833 bits per heavy atom. The Morgan fingerprint density at radius 3 is 1.71 bits per heavy atom. The van der Waals surface area contributed by atoms with Gasteiger partial charge in [0.05, 0.1) is 11.2 Å². The van der Waals surface area contributed by atoms with Crippen molar-refractivity contribution in [3.05, 3.63) is 64.7 Å². The molecular weight excluding hydrogens is 322 g/mol. The van der Waals surface area contributed by atoms with Gasteiger partial charge in [0.1, 0.15) is 0 Å². The SMILES string of the molecule is CC1(C)OB(c2ccc(C(=O)c3ccc(Cl)cc3)cc2)OC1(C)C. The number of benzene rings is 2. The molecule has 1 fully saturated rings. The molecule has 1 aliphatic heterocycles. The summed E-state index contributed by atoms with van der Waals surface area (Å²) in [6.07, 6.45) is 0. The number of halogens is 1. The third-order valence-electron chi connectivity index (χ3n) is 4.80. The summed E-state index contributed by atoms with van der Waals surface area (Å²) in [7, 11) is -0.422. The van der Waals surface area contributed by atoms with E-state index >= 15 is 0 Å². The summed E-state index contributed by atoms with van der Waals surface area (Å²) in [4.78, 5) is 12.5. The number of ketones is 1. The molecular formula is C19H20BClO3. The van der Waals surface area contributed by atoms with Gasteiger partial charge in [0.2, 0.25) is 0 Å². The van der Waals surface area contributed by atoms with Gasteiger partial charge >= 0.3 is 7.12 Å². The van der Waals surface area contributed by atoms with E-state index < -0.39 is 7.12 Å². The number of carbonyl (C=O) groups is 1. The molecule has 1 aliphatic rings. The van der Waals surface area contributed by atoms with E-state index in [4.69, 9.17) is 20.9 Å². The Labute approximate surface area is 148 Å². The van der Waals surface area contributed by atoms with Crippen molar-refractivity contribution in [2.75, 3.05) is 0 Å². The van der Waals surface area contributed by atoms with Crippen LogP contribution in [0.2, 0.25) is 5.02 Å². The first-order valence-electron chi connectivity index (χ1n) is 7.95. The second-order valence-corrected chi connectivity index (χ2v) is 7.48. The van der Waals surface area contributed by atoms with Gasteiger partial charge in [-0.1, -0.05) is 35.9 Å². The molecule has 1 heterocycles. The monoisotopic (exact) mass is 342 g/mol. The molecule has 0 N–H and O–H groups in total. The first-order chi connectivity index (χ1) is 11.2. The van der Waals surface area contributed by atoms with Crippen LogP contribution in [0.15, 0.2) is 48.5 Å². The first kappa shape index (κ1) is 17.2. The lowest BCUT2D eigenvalue weighted by Crippen LogP contribution is -2.41. The molecule has 0 amide bonds. The van der Waals surface area contributed by atoms with Crippen LogP contribution in [0, 0.1) is 0 Å². The fourth-order valence-corrected chi connectivity index (χ4v) is 2.66. The summed E-state index contributed by atoms with van der Waals surface area (Å²) >= 11 is 5.86. The molecule has 2 aromatic carbocycles. The maximum absolute atomic E-state index is 12.5. The Hall–Kier alpha value is -1.62. The molecule has 0 aliphatic carbocycles. The predicted molar refractivity (Wildman–Crippen MR) is 97.0 cm³/mol. The Kier molecular flexibility index (Phi) is 4.33. The van der Waals surface area contributed by atoms with E-state index in [1.165, 1.54) is 0 Å². The highest BCUT2D eigenvalue weighted by Gasteiger charge is 2.51. The zero-order valence-corrected chi connectivity index (χ0v) is 15.1. The third kappa shape index (κ3) is 3.14. The molecule has 2 aromatic rings. The zero-order valence-electron chi connectivity index (χ0n) is 14.3. The van der Waals surface area contributed by atoms with E-state index in [-0.39, 0.29) is 17.0 Å². The topological polar surface area (TPSA) is 35.5 Å². The van der Waals surface area contributed by atoms with E-state index in [2.05, 4.69) is 0 Å². The summed E-state index contributed by atoms with van der Waals surface area (Å²) in [5.41, 5.74) is 1.38. The summed E-state index contributed by atoms with van der Waals surface area (Å²) in [5, 5.41) is 0.614. The van der Waals surface area contributed by atoms with Crippen LogP contribution in [0.5, 0.6) is 0 Å². The Morgan fingerprint density at radius 2 is 1.25 bits per heavy atom. The maximum atomic E-state index is 12.5. The predicted octanol–water partition coefficient (Wildman–Crippen LogP) is 3.87. The van der Waals surface area contributed by atoms with Crippen molar-refractivity contribution in [1.29, 1.82) is 0 Å². The second-order valence-electron chi connectivity index (χ2n) is 7.05. The number of carbonyl (C=O) groups excluding carboxylic acids is 1. The van der Waals surface area contributed by atoms with Gasteiger partial charge in [0, 0.05) is 16.1 Å². The van der Waals surface area contributed by atoms with Gasteiger partial charge in [0.25, 0.3) is 0 Å². The van der Waals surface area contributed by atoms with Crippen molar-refractivity contribution in [1.82, 2.24) is 0 Å². The minimum absolute atomic E-state index is 0.0351. The first-order valence-corrected chi connectivity index (χ1v) is 8.33. The molecule has 3 rings (SSSR count). The van der Waals surface area contributed by atoms with Gasteiger partial charge in [-0.05, 0) is 57.4 Å². The molecule has 0 bridgehead atoms. The highest BCUT2D eigenvalue weighted by molar-refractivity contribution is 6.62. The van der Waals surface area contributed by atoms with Gasteiger partial charge < -0.3 is 9.31 Å². The van der Waals surface area contributed by atoms with Crippen LogP contribution in [-0.2, 0) is 9.31 Å². The molecule has 124 valence electrons. The number of rotatable bonds is 3. The van der Waals surface area contributed by atoms with E-state index in [0.29, 0.717) is 16.1 Å². The lowest BCUT2D eigenvalue weighted by molar-refractivity contribution is 0.00578. The maximum Gasteiger partial charge on any atom is 0.494 e. The zero-order chi connectivity index (χ0) is 17.5. The van der Waals surface area contributed by atoms with Crippen LogP contribution >= 0.6 is 11.6 Å². The molecule has 0 unspecified atom stereocenters. The second kappa shape index (κ2) is 6.03. The Balaban J connectivity index is 1.79. The average Bonchev–Trinajstić information content (AvgIpc) is 2.76. The minimum atomic E-state index is -0.422. The van der Waals surface area contributed by atoms with Crippen molar-refractivity contribution in [2.24, 2.45) is 0 Å². The smallest absolute Gasteiger partial charge is 0.399 e. The fraction of sp³-hybridized carbons (Fsp3) is 0.316. The number of hydrogen-bond donors (Lipinski definition) is 0. The van der Waals surface area contributed by atoms with Crippen LogP contribution < -0.4 is 5.46 Å². The fourth-order valence-electron chi connectivity index (χ4n) is 2.54. The average molecular weight is 343 g/mol. The summed E-state index contributed by atoms with van der Waals surface area (Å²) in [6, 6.07) is 14.3. The van der Waals surface area contributed by atoms with Crippen LogP contribution in [0.25, 0.3) is 0 Å². The largest absolute Gasteiger partial charge is 0.494 e. The summed E-state index contributed by atoms with van der Waals surface area (Å²) in [5.74, 6) is -0.0351. The minimum Gasteiger partial charge on any atom is -0.399 e. The third-order valence-corrected chi connectivity index (χ3v) is 5.06. The van der Waals surface area contributed by atoms with Crippen molar-refractivity contribution in [3.63, 3.8) is 0 Å². The molecule has 5 heteroatoms. The summed E-state index contributed by atoms with van der Waals surface area (Å²) < 4.78 is 12.1. The van der Waals surface area contributed by atoms with Crippen LogP contribution in [-0.4, -0.2) is 24.1 Å². The van der Waals surface area contributed by atoms with Crippen LogP contribution in [0.1, 0.15) is 43.6 Å². The van der Waals surface area contributed by atoms with Gasteiger partial charge in [-0.3, -0.25) is 4.79 Å². The van der Waals surface area contributed by atoms with Crippen molar-refractivity contribution in [2.45, 2.75) is 38.9 Å². The number of hydrogen-bond acceptors (Lipinski definition) is 3. The highest BCUT2D eigenvalue weighted by atomic mass is 35.5. The Bertz CT molecular complexity index is 735. The molecule has 0 spiro atoms. The van der Waals surface area contributed by atoms with Gasteiger partial charge in [-0.2, -0.15) is 0 Å². The standard InChI is InChI=1S/C19H20BClO3/c1-18(2)19(3,4)24-20(23-18)15-9-5-13(6-10-15)17(22)14-7-11-16(21)12-8-14/h5-12H,1-4H3. The molecule has 0 atom stereocenters. The van der Waals surface area contributed by atoms with E-state index in [0.717, 1.165) is 5.46 Å². The molecule has 0 saturated carbocycles. The normalized spacial score (nSPS) is 18.6. The van der Waals surface area contributed by atoms with Crippen LogP contribution in [0.4, 0.5) is 0 Å². The highest BCUT2D eigenvalue weighted by Crippen LogP contribution is 2.36. The molecule has 0 aromatic heterocycles. The van der Waals surface area contributed by atoms with Gasteiger partial charge in [-0.25, -0.2) is 0 Å². The lowest BCUT2D eigenvalue weighted by Gasteiger charge is -2.32. The quantitative estimate of drug-likeness (QED) is 0.627. The molecule has 24 heavy (non-hydrogen) atoms. The van der Waals surface area contributed by atoms with Crippen molar-refractivity contribution in [3.8, 4) is 0 Å². The van der Waals surface area contributed by atoms with Crippen LogP contribution in [0.3, 0.4) is 0 Å². The molecule has 3 nitrogen and oxygen atoms in total. The van der Waals surface area contributed by atoms with E-state index in [9.17, 15) is 4.79 Å². The molecule has 1 saturated heterocycles. The van der Waals surface area contributed by atoms with E-state index in [1.54, 1.807) is 36.4 Å². The van der Waals surface area contributed by atoms with E-state index in [1.807, 2.05) is 39.8 Å².